The molecule has 1 aromatic rings. The molecule has 10 nitrogen and oxygen atoms in total. The van der Waals surface area contributed by atoms with Crippen molar-refractivity contribution in [3.8, 4) is 5.75 Å². The number of aliphatic hydroxyl groups is 1. The zero-order valence-electron chi connectivity index (χ0n) is 11.4. The maximum atomic E-state index is 10.6. The lowest BCUT2D eigenvalue weighted by Gasteiger charge is -2.04. The number of benzene rings is 1. The number of nitro benzene ring substituents is 2. The highest BCUT2D eigenvalue weighted by atomic mass is 16.6. The second-order valence-electron chi connectivity index (χ2n) is 4.85. The molecule has 10 heteroatoms. The number of aromatic carboxylic acids is 1. The minimum Gasteiger partial charge on any atom is -0.501 e. The van der Waals surface area contributed by atoms with E-state index in [9.17, 15) is 30.1 Å². The molecule has 0 fully saturated rings. The summed E-state index contributed by atoms with van der Waals surface area (Å²) in [6.45, 7) is 5.23. The lowest BCUT2D eigenvalue weighted by molar-refractivity contribution is -0.394. The standard InChI is InChI=1S/C7H4N2O7.C4H10O/c10-6-4(7(11)12)1-3(8(13)14)2-5(6)9(15)16;1-4(2,3)5/h1-2,10H,(H,11,12);5H,1-3H3. The van der Waals surface area contributed by atoms with E-state index < -0.39 is 44.1 Å². The predicted molar refractivity (Wildman–Crippen MR) is 70.3 cm³/mol. The number of aromatic hydroxyl groups is 1. The van der Waals surface area contributed by atoms with Gasteiger partial charge in [-0.25, -0.2) is 4.79 Å². The summed E-state index contributed by atoms with van der Waals surface area (Å²) >= 11 is 0. The Morgan fingerprint density at radius 2 is 1.57 bits per heavy atom. The lowest BCUT2D eigenvalue weighted by atomic mass is 10.1. The Morgan fingerprint density at radius 1 is 1.14 bits per heavy atom. The van der Waals surface area contributed by atoms with E-state index in [0.717, 1.165) is 0 Å². The molecular formula is C11H14N2O8. The number of phenols is 1. The van der Waals surface area contributed by atoms with E-state index in [4.69, 9.17) is 10.2 Å². The Bertz CT molecular complexity index is 535. The van der Waals surface area contributed by atoms with Crippen molar-refractivity contribution in [1.82, 2.24) is 0 Å². The number of hydrogen-bond donors (Lipinski definition) is 3. The molecule has 0 aliphatic heterocycles. The van der Waals surface area contributed by atoms with Gasteiger partial charge in [-0.2, -0.15) is 0 Å². The van der Waals surface area contributed by atoms with Gasteiger partial charge in [0, 0.05) is 6.07 Å². The smallest absolute Gasteiger partial charge is 0.340 e. The van der Waals surface area contributed by atoms with Gasteiger partial charge in [0.05, 0.1) is 21.5 Å². The van der Waals surface area contributed by atoms with Crippen molar-refractivity contribution < 1.29 is 30.0 Å². The van der Waals surface area contributed by atoms with Crippen molar-refractivity contribution in [1.29, 1.82) is 0 Å². The van der Waals surface area contributed by atoms with Gasteiger partial charge in [0.2, 0.25) is 5.75 Å². The molecule has 0 amide bonds. The highest BCUT2D eigenvalue weighted by molar-refractivity contribution is 5.93. The van der Waals surface area contributed by atoms with Crippen LogP contribution in [0.2, 0.25) is 0 Å². The van der Waals surface area contributed by atoms with Crippen LogP contribution >= 0.6 is 0 Å². The summed E-state index contributed by atoms with van der Waals surface area (Å²) in [5.41, 5.74) is -3.19. The minimum absolute atomic E-state index is 0.488. The number of rotatable bonds is 3. The molecule has 0 aliphatic carbocycles. The molecule has 0 radical (unpaired) electrons. The van der Waals surface area contributed by atoms with Gasteiger partial charge in [-0.15, -0.1) is 0 Å². The number of carbonyl (C=O) groups is 1. The Kier molecular flexibility index (Phi) is 5.74. The summed E-state index contributed by atoms with van der Waals surface area (Å²) in [5.74, 6) is -2.80. The molecule has 0 spiro atoms. The van der Waals surface area contributed by atoms with Crippen molar-refractivity contribution in [2.24, 2.45) is 0 Å². The largest absolute Gasteiger partial charge is 0.501 e. The van der Waals surface area contributed by atoms with E-state index in [-0.39, 0.29) is 0 Å². The van der Waals surface area contributed by atoms with E-state index in [1.807, 2.05) is 0 Å². The highest BCUT2D eigenvalue weighted by Crippen LogP contribution is 2.34. The Hall–Kier alpha value is -2.75. The van der Waals surface area contributed by atoms with Crippen LogP contribution in [-0.2, 0) is 0 Å². The first kappa shape index (κ1) is 18.2. The average Bonchev–Trinajstić information content (AvgIpc) is 2.25. The summed E-state index contributed by atoms with van der Waals surface area (Å²) in [4.78, 5) is 29.2. The summed E-state index contributed by atoms with van der Waals surface area (Å²) in [5, 5.41) is 47.1. The Morgan fingerprint density at radius 3 is 1.86 bits per heavy atom. The SMILES string of the molecule is CC(C)(C)O.O=C(O)c1cc([N+](=O)[O-])cc([N+](=O)[O-])c1O. The molecule has 0 saturated heterocycles. The van der Waals surface area contributed by atoms with Gasteiger partial charge in [-0.1, -0.05) is 0 Å². The quantitative estimate of drug-likeness (QED) is 0.560. The predicted octanol–water partition coefficient (Wildman–Crippen LogP) is 1.68. The fourth-order valence-corrected chi connectivity index (χ4v) is 1.01. The summed E-state index contributed by atoms with van der Waals surface area (Å²) in [6, 6.07) is 1.03. The molecule has 0 saturated carbocycles. The van der Waals surface area contributed by atoms with Crippen LogP contribution in [0.15, 0.2) is 12.1 Å². The molecule has 3 N–H and O–H groups in total. The van der Waals surface area contributed by atoms with Crippen molar-refractivity contribution in [2.75, 3.05) is 0 Å². The third-order valence-corrected chi connectivity index (χ3v) is 1.71. The number of non-ortho nitro benzene ring substituents is 1. The monoisotopic (exact) mass is 302 g/mol. The summed E-state index contributed by atoms with van der Waals surface area (Å²) in [7, 11) is 0. The fraction of sp³-hybridized carbons (Fsp3) is 0.364. The van der Waals surface area contributed by atoms with Gasteiger partial charge < -0.3 is 15.3 Å². The second kappa shape index (κ2) is 6.61. The zero-order valence-corrected chi connectivity index (χ0v) is 11.4. The Labute approximate surface area is 118 Å². The molecule has 0 aliphatic rings. The van der Waals surface area contributed by atoms with Gasteiger partial charge >= 0.3 is 11.7 Å². The molecule has 1 aromatic carbocycles. The van der Waals surface area contributed by atoms with Crippen LogP contribution < -0.4 is 0 Å². The van der Waals surface area contributed by atoms with Gasteiger partial charge in [0.15, 0.2) is 0 Å². The third-order valence-electron chi connectivity index (χ3n) is 1.71. The molecule has 116 valence electrons. The van der Waals surface area contributed by atoms with Crippen LogP contribution in [0, 0.1) is 20.2 Å². The zero-order chi connectivity index (χ0) is 17.0. The van der Waals surface area contributed by atoms with Crippen molar-refractivity contribution in [3.63, 3.8) is 0 Å². The van der Waals surface area contributed by atoms with Crippen molar-refractivity contribution in [3.05, 3.63) is 37.9 Å². The summed E-state index contributed by atoms with van der Waals surface area (Å²) < 4.78 is 0. The first-order valence-electron chi connectivity index (χ1n) is 5.46. The molecule has 0 heterocycles. The fourth-order valence-electron chi connectivity index (χ4n) is 1.01. The van der Waals surface area contributed by atoms with Gasteiger partial charge in [-0.05, 0) is 20.8 Å². The molecular weight excluding hydrogens is 288 g/mol. The molecule has 1 rings (SSSR count). The minimum atomic E-state index is -1.69. The van der Waals surface area contributed by atoms with Crippen LogP contribution in [0.25, 0.3) is 0 Å². The number of nitro groups is 2. The van der Waals surface area contributed by atoms with Crippen LogP contribution in [0.1, 0.15) is 31.1 Å². The van der Waals surface area contributed by atoms with E-state index in [0.29, 0.717) is 12.1 Å². The lowest BCUT2D eigenvalue weighted by Crippen LogP contribution is -2.10. The maximum Gasteiger partial charge on any atom is 0.340 e. The normalized spacial score (nSPS) is 10.3. The van der Waals surface area contributed by atoms with E-state index in [2.05, 4.69) is 0 Å². The number of carboxylic acid groups (broad SMARTS) is 1. The van der Waals surface area contributed by atoms with E-state index in [1.165, 1.54) is 0 Å². The number of carboxylic acids is 1. The second-order valence-corrected chi connectivity index (χ2v) is 4.85. The topological polar surface area (TPSA) is 164 Å². The first-order chi connectivity index (χ1) is 9.34. The van der Waals surface area contributed by atoms with Crippen molar-refractivity contribution >= 4 is 17.3 Å². The van der Waals surface area contributed by atoms with Crippen LogP contribution in [-0.4, -0.2) is 36.7 Å². The van der Waals surface area contributed by atoms with Gasteiger partial charge in [0.25, 0.3) is 5.69 Å². The number of nitrogens with zero attached hydrogens (tertiary/aromatic N) is 2. The molecule has 0 bridgehead atoms. The number of hydrogen-bond acceptors (Lipinski definition) is 7. The van der Waals surface area contributed by atoms with Crippen LogP contribution in [0.4, 0.5) is 11.4 Å². The molecule has 0 aromatic heterocycles. The molecule has 21 heavy (non-hydrogen) atoms. The third kappa shape index (κ3) is 6.29. The van der Waals surface area contributed by atoms with Crippen LogP contribution in [0.3, 0.4) is 0 Å². The molecule has 0 atom stereocenters. The first-order valence-corrected chi connectivity index (χ1v) is 5.46. The van der Waals surface area contributed by atoms with Gasteiger partial charge in [-0.3, -0.25) is 20.2 Å². The Balaban J connectivity index is 0.000000690. The summed E-state index contributed by atoms with van der Waals surface area (Å²) in [6.07, 6.45) is 0. The average molecular weight is 302 g/mol. The van der Waals surface area contributed by atoms with E-state index >= 15 is 0 Å². The maximum absolute atomic E-state index is 10.6. The van der Waals surface area contributed by atoms with Crippen molar-refractivity contribution in [2.45, 2.75) is 26.4 Å². The van der Waals surface area contributed by atoms with Gasteiger partial charge in [0.1, 0.15) is 5.56 Å². The highest BCUT2D eigenvalue weighted by Gasteiger charge is 2.26. The van der Waals surface area contributed by atoms with E-state index in [1.54, 1.807) is 20.8 Å². The van der Waals surface area contributed by atoms with Crippen LogP contribution in [0.5, 0.6) is 5.75 Å². The molecule has 0 unspecified atom stereocenters.